The number of benzene rings is 3. The van der Waals surface area contributed by atoms with E-state index < -0.39 is 0 Å². The Morgan fingerprint density at radius 2 is 1.60 bits per heavy atom. The molecular weight excluding hydrogens is 629 g/mol. The molecule has 3 aromatic carbocycles. The number of rotatable bonds is 4. The topological polar surface area (TPSA) is 30.7 Å². The Morgan fingerprint density at radius 1 is 0.743 bits per heavy atom. The zero-order valence-corrected chi connectivity index (χ0v) is 22.3. The molecule has 3 nitrogen and oxygen atoms in total. The first-order valence-electron chi connectivity index (χ1n) is 11.2. The third kappa shape index (κ3) is 4.57. The molecule has 0 spiro atoms. The van der Waals surface area contributed by atoms with Gasteiger partial charge in [0.25, 0.3) is 0 Å². The third-order valence-electron chi connectivity index (χ3n) is 5.87. The van der Waals surface area contributed by atoms with Gasteiger partial charge in [-0.15, -0.1) is 12.1 Å². The van der Waals surface area contributed by atoms with Crippen LogP contribution < -0.4 is 0 Å². The fourth-order valence-corrected chi connectivity index (χ4v) is 5.00. The average molecular weight is 651 g/mol. The van der Waals surface area contributed by atoms with Crippen molar-refractivity contribution in [2.75, 3.05) is 0 Å². The molecule has 35 heavy (non-hydrogen) atoms. The summed E-state index contributed by atoms with van der Waals surface area (Å²) in [7, 11) is 0. The predicted octanol–water partition coefficient (Wildman–Crippen LogP) is 7.61. The molecule has 0 saturated carbocycles. The molecule has 3 aromatic heterocycles. The molecule has 0 aliphatic rings. The number of nitrogens with zero attached hydrogens (tertiary/aromatic N) is 3. The minimum absolute atomic E-state index is 0. The maximum Gasteiger partial charge on any atom is 2.00 e. The van der Waals surface area contributed by atoms with Crippen LogP contribution in [-0.4, -0.2) is 14.5 Å². The molecule has 0 atom stereocenters. The second-order valence-electron chi connectivity index (χ2n) is 8.38. The normalized spacial score (nSPS) is 11.0. The van der Waals surface area contributed by atoms with Gasteiger partial charge in [0.1, 0.15) is 5.82 Å². The van der Waals surface area contributed by atoms with Gasteiger partial charge in [0.15, 0.2) is 0 Å². The van der Waals surface area contributed by atoms with Crippen molar-refractivity contribution in [3.63, 3.8) is 0 Å². The molecule has 0 N–H and O–H groups in total. The van der Waals surface area contributed by atoms with Crippen LogP contribution in [0.4, 0.5) is 0 Å². The van der Waals surface area contributed by atoms with Crippen LogP contribution in [0.1, 0.15) is 11.1 Å². The van der Waals surface area contributed by atoms with E-state index in [0.29, 0.717) is 0 Å². The summed E-state index contributed by atoms with van der Waals surface area (Å²) >= 11 is 1.62. The molecule has 0 bridgehead atoms. The molecule has 3 heterocycles. The van der Waals surface area contributed by atoms with Crippen LogP contribution in [0, 0.1) is 26.0 Å². The van der Waals surface area contributed by atoms with Gasteiger partial charge < -0.3 is 4.57 Å². The summed E-state index contributed by atoms with van der Waals surface area (Å²) in [6.45, 7) is 4.14. The van der Waals surface area contributed by atoms with E-state index >= 15 is 0 Å². The molecule has 0 amide bonds. The second-order valence-corrected chi connectivity index (χ2v) is 9.45. The first-order valence-corrected chi connectivity index (χ1v) is 12.0. The van der Waals surface area contributed by atoms with Gasteiger partial charge in [-0.3, -0.25) is 0 Å². The van der Waals surface area contributed by atoms with Crippen molar-refractivity contribution in [1.29, 1.82) is 0 Å². The van der Waals surface area contributed by atoms with E-state index in [1.165, 1.54) is 10.9 Å². The van der Waals surface area contributed by atoms with Gasteiger partial charge in [0, 0.05) is 17.9 Å². The van der Waals surface area contributed by atoms with Gasteiger partial charge in [-0.25, -0.2) is 21.1 Å². The van der Waals surface area contributed by atoms with Crippen molar-refractivity contribution >= 4 is 33.6 Å². The number of fused-ring (bicyclic) bond motifs is 3. The Morgan fingerprint density at radius 3 is 2.43 bits per heavy atom. The van der Waals surface area contributed by atoms with E-state index in [4.69, 9.17) is 0 Å². The van der Waals surface area contributed by atoms with Crippen molar-refractivity contribution < 1.29 is 21.1 Å². The standard InChI is InChI=1S/C30H21N3S.Pt/c1-20-14-15-31-29(16-20)33-27-9-4-3-8-25(27)26-12-11-23(18-28(26)33)22-6-5-7-24(17-22)34-30-13-10-21(2)19-32-30;/h3-16,19H,1-2H3;/q-2;+2. The molecule has 0 fully saturated rings. The monoisotopic (exact) mass is 650 g/mol. The fourth-order valence-electron chi connectivity index (χ4n) is 4.22. The number of aryl methyl sites for hydroxylation is 2. The molecule has 0 radical (unpaired) electrons. The van der Waals surface area contributed by atoms with Gasteiger partial charge in [-0.2, -0.15) is 30.3 Å². The number of hydrogen-bond acceptors (Lipinski definition) is 3. The van der Waals surface area contributed by atoms with Crippen molar-refractivity contribution in [1.82, 2.24) is 14.5 Å². The summed E-state index contributed by atoms with van der Waals surface area (Å²) in [6, 6.07) is 34.5. The van der Waals surface area contributed by atoms with Crippen molar-refractivity contribution in [3.05, 3.63) is 115 Å². The van der Waals surface area contributed by atoms with E-state index in [1.807, 2.05) is 31.5 Å². The summed E-state index contributed by atoms with van der Waals surface area (Å²) in [5.74, 6) is 0.901. The Balaban J connectivity index is 0.00000253. The van der Waals surface area contributed by atoms with Gasteiger partial charge >= 0.3 is 21.1 Å². The van der Waals surface area contributed by atoms with Crippen LogP contribution in [-0.2, 0) is 21.1 Å². The van der Waals surface area contributed by atoms with Gasteiger partial charge in [0.05, 0.1) is 5.03 Å². The Kier molecular flexibility index (Phi) is 6.60. The number of hydrogen-bond donors (Lipinski definition) is 0. The number of para-hydroxylation sites is 1. The molecule has 172 valence electrons. The fraction of sp³-hybridized carbons (Fsp3) is 0.0667. The zero-order valence-electron chi connectivity index (χ0n) is 19.2. The summed E-state index contributed by atoms with van der Waals surface area (Å²) in [4.78, 5) is 10.2. The summed E-state index contributed by atoms with van der Waals surface area (Å²) in [5, 5.41) is 3.32. The van der Waals surface area contributed by atoms with Crippen LogP contribution in [0.25, 0.3) is 38.8 Å². The van der Waals surface area contributed by atoms with Gasteiger partial charge in [-0.1, -0.05) is 46.3 Å². The van der Waals surface area contributed by atoms with Crippen molar-refractivity contribution in [3.8, 4) is 16.9 Å². The Bertz CT molecular complexity index is 1650. The molecule has 6 rings (SSSR count). The SMILES string of the molecule is Cc1ccc(Sc2[c-]c(-c3[c-]c4c(cc3)c3ccccc3n4-c3cc(C)ccn3)ccc2)nc1.[Pt+2]. The van der Waals surface area contributed by atoms with Crippen LogP contribution in [0.2, 0.25) is 0 Å². The first kappa shape index (κ1) is 23.5. The summed E-state index contributed by atoms with van der Waals surface area (Å²) in [5.41, 5.74) is 6.49. The molecule has 5 heteroatoms. The van der Waals surface area contributed by atoms with Crippen LogP contribution in [0.5, 0.6) is 0 Å². The van der Waals surface area contributed by atoms with E-state index in [2.05, 4.69) is 100 Å². The number of aromatic nitrogens is 3. The average Bonchev–Trinajstić information content (AvgIpc) is 3.19. The first-order chi connectivity index (χ1) is 16.7. The van der Waals surface area contributed by atoms with Crippen molar-refractivity contribution in [2.24, 2.45) is 0 Å². The van der Waals surface area contributed by atoms with E-state index in [0.717, 1.165) is 48.8 Å². The molecule has 0 unspecified atom stereocenters. The largest absolute Gasteiger partial charge is 2.00 e. The third-order valence-corrected chi connectivity index (χ3v) is 6.78. The summed E-state index contributed by atoms with van der Waals surface area (Å²) in [6.07, 6.45) is 3.76. The van der Waals surface area contributed by atoms with E-state index in [-0.39, 0.29) is 21.1 Å². The Labute approximate surface area is 223 Å². The smallest absolute Gasteiger partial charge is 0.314 e. The van der Waals surface area contributed by atoms with E-state index in [1.54, 1.807) is 11.8 Å². The van der Waals surface area contributed by atoms with Crippen LogP contribution in [0.3, 0.4) is 0 Å². The summed E-state index contributed by atoms with van der Waals surface area (Å²) < 4.78 is 2.20. The minimum Gasteiger partial charge on any atom is -0.314 e. The molecule has 6 aromatic rings. The minimum atomic E-state index is 0. The number of pyridine rings is 2. The molecule has 0 aliphatic heterocycles. The van der Waals surface area contributed by atoms with Crippen LogP contribution in [0.15, 0.2) is 101 Å². The van der Waals surface area contributed by atoms with Gasteiger partial charge in [0.2, 0.25) is 0 Å². The van der Waals surface area contributed by atoms with Gasteiger partial charge in [-0.05, 0) is 60.1 Å². The van der Waals surface area contributed by atoms with Crippen LogP contribution >= 0.6 is 11.8 Å². The Hall–Kier alpha value is -3.20. The second kappa shape index (κ2) is 9.81. The quantitative estimate of drug-likeness (QED) is 0.184. The zero-order chi connectivity index (χ0) is 23.1. The molecule has 0 saturated heterocycles. The molecule has 0 aliphatic carbocycles. The maximum atomic E-state index is 4.68. The van der Waals surface area contributed by atoms with E-state index in [9.17, 15) is 0 Å². The predicted molar refractivity (Wildman–Crippen MR) is 140 cm³/mol. The maximum absolute atomic E-state index is 4.68. The molecular formula is C30H21N3PtS. The van der Waals surface area contributed by atoms with Crippen molar-refractivity contribution in [2.45, 2.75) is 23.8 Å².